The molecule has 0 saturated carbocycles. The molecule has 196 valence electrons. The van der Waals surface area contributed by atoms with Crippen LogP contribution in [0.1, 0.15) is 102 Å². The van der Waals surface area contributed by atoms with E-state index < -0.39 is 0 Å². The predicted octanol–water partition coefficient (Wildman–Crippen LogP) is 10.3. The van der Waals surface area contributed by atoms with Crippen LogP contribution in [0, 0.1) is 5.41 Å². The summed E-state index contributed by atoms with van der Waals surface area (Å²) >= 11 is 0. The molecule has 1 nitrogen and oxygen atoms in total. The van der Waals surface area contributed by atoms with Crippen molar-refractivity contribution in [3.63, 3.8) is 0 Å². The first kappa shape index (κ1) is 26.4. The zero-order valence-corrected chi connectivity index (χ0v) is 24.1. The van der Waals surface area contributed by atoms with Crippen LogP contribution in [0.5, 0.6) is 0 Å². The van der Waals surface area contributed by atoms with Crippen molar-refractivity contribution in [1.29, 1.82) is 0 Å². The topological polar surface area (TPSA) is 12.4 Å². The average molecular weight is 502 g/mol. The van der Waals surface area contributed by atoms with Crippen molar-refractivity contribution in [3.05, 3.63) is 124 Å². The molecule has 2 aromatic carbocycles. The smallest absolute Gasteiger partial charge is 0.0479 e. The lowest BCUT2D eigenvalue weighted by Crippen LogP contribution is -2.13. The Labute approximate surface area is 230 Å². The summed E-state index contributed by atoms with van der Waals surface area (Å²) in [6.07, 6.45) is 19.3. The van der Waals surface area contributed by atoms with Gasteiger partial charge in [0.1, 0.15) is 0 Å². The van der Waals surface area contributed by atoms with E-state index in [4.69, 9.17) is 0 Å². The Hall–Kier alpha value is -3.19. The van der Waals surface area contributed by atoms with Gasteiger partial charge in [-0.05, 0) is 88.0 Å². The molecule has 0 saturated heterocycles. The molecular weight excluding hydrogens is 458 g/mol. The van der Waals surface area contributed by atoms with Crippen LogP contribution < -0.4 is 0 Å². The molecule has 1 aliphatic heterocycles. The third kappa shape index (κ3) is 5.93. The first-order chi connectivity index (χ1) is 18.1. The summed E-state index contributed by atoms with van der Waals surface area (Å²) in [6.45, 7) is 13.8. The highest BCUT2D eigenvalue weighted by molar-refractivity contribution is 6.02. The van der Waals surface area contributed by atoms with Crippen molar-refractivity contribution in [1.82, 2.24) is 0 Å². The molecule has 38 heavy (non-hydrogen) atoms. The lowest BCUT2D eigenvalue weighted by molar-refractivity contribution is 0.479. The van der Waals surface area contributed by atoms with Crippen LogP contribution in [0.15, 0.2) is 107 Å². The standard InChI is InChI=1S/C37H43N/c1-36(2,3)33-17-13-26(14-18-33)30-23-31(27-15-19-34(20-16-27)37(4,5)6)25-32(24-30)28-10-9-11-29(22-28)35-12-7-8-21-38-35/h8-11,13-15,17-19,21-22,24-25,30H,7,12,16,20,23H2,1-6H3. The second-order valence-corrected chi connectivity index (χ2v) is 13.2. The molecule has 1 unspecified atom stereocenters. The fraction of sp³-hybridized carbons (Fsp3) is 0.378. The van der Waals surface area contributed by atoms with Crippen LogP contribution >= 0.6 is 0 Å². The van der Waals surface area contributed by atoms with Crippen molar-refractivity contribution in [2.75, 3.05) is 0 Å². The highest BCUT2D eigenvalue weighted by Crippen LogP contribution is 2.42. The van der Waals surface area contributed by atoms with Crippen LogP contribution in [0.2, 0.25) is 0 Å². The molecule has 0 spiro atoms. The summed E-state index contributed by atoms with van der Waals surface area (Å²) in [7, 11) is 0. The van der Waals surface area contributed by atoms with E-state index in [1.54, 1.807) is 5.57 Å². The summed E-state index contributed by atoms with van der Waals surface area (Å²) in [5, 5.41) is 0. The van der Waals surface area contributed by atoms with Crippen molar-refractivity contribution in [2.45, 2.75) is 85.0 Å². The first-order valence-corrected chi connectivity index (χ1v) is 14.3. The van der Waals surface area contributed by atoms with Gasteiger partial charge in [0.2, 0.25) is 0 Å². The molecule has 2 aliphatic carbocycles. The van der Waals surface area contributed by atoms with Crippen LogP contribution in [0.3, 0.4) is 0 Å². The summed E-state index contributed by atoms with van der Waals surface area (Å²) in [6, 6.07) is 18.4. The molecular formula is C37H43N. The molecule has 0 radical (unpaired) electrons. The van der Waals surface area contributed by atoms with Crippen LogP contribution in [-0.4, -0.2) is 5.71 Å². The van der Waals surface area contributed by atoms with E-state index in [0.717, 1.165) is 32.1 Å². The van der Waals surface area contributed by atoms with E-state index in [9.17, 15) is 0 Å². The Morgan fingerprint density at radius 3 is 2.16 bits per heavy atom. The number of allylic oxidation sites excluding steroid dienone is 9. The molecule has 1 heteroatoms. The summed E-state index contributed by atoms with van der Waals surface area (Å²) in [4.78, 5) is 4.68. The van der Waals surface area contributed by atoms with Crippen molar-refractivity contribution >= 4 is 11.3 Å². The van der Waals surface area contributed by atoms with Gasteiger partial charge in [0, 0.05) is 17.8 Å². The lowest BCUT2D eigenvalue weighted by Gasteiger charge is -2.29. The van der Waals surface area contributed by atoms with Crippen molar-refractivity contribution in [2.24, 2.45) is 10.4 Å². The van der Waals surface area contributed by atoms with E-state index in [1.807, 2.05) is 6.20 Å². The fourth-order valence-electron chi connectivity index (χ4n) is 5.78. The van der Waals surface area contributed by atoms with E-state index in [-0.39, 0.29) is 10.8 Å². The van der Waals surface area contributed by atoms with Crippen molar-refractivity contribution < 1.29 is 0 Å². The van der Waals surface area contributed by atoms with Crippen LogP contribution in [-0.2, 0) is 5.41 Å². The Balaban J connectivity index is 1.53. The minimum absolute atomic E-state index is 0.165. The molecule has 5 rings (SSSR count). The van der Waals surface area contributed by atoms with Gasteiger partial charge in [0.15, 0.2) is 0 Å². The quantitative estimate of drug-likeness (QED) is 0.395. The molecule has 0 aromatic heterocycles. The highest BCUT2D eigenvalue weighted by atomic mass is 14.7. The largest absolute Gasteiger partial charge is 0.261 e. The van der Waals surface area contributed by atoms with Gasteiger partial charge in [-0.25, -0.2) is 0 Å². The van der Waals surface area contributed by atoms with Gasteiger partial charge in [-0.3, -0.25) is 4.99 Å². The van der Waals surface area contributed by atoms with E-state index in [1.165, 1.54) is 44.7 Å². The molecule has 0 fully saturated rings. The maximum Gasteiger partial charge on any atom is 0.0479 e. The van der Waals surface area contributed by atoms with Gasteiger partial charge < -0.3 is 0 Å². The summed E-state index contributed by atoms with van der Waals surface area (Å²) in [5.74, 6) is 0.367. The second kappa shape index (κ2) is 10.5. The fourth-order valence-corrected chi connectivity index (χ4v) is 5.78. The Kier molecular flexibility index (Phi) is 7.32. The lowest BCUT2D eigenvalue weighted by atomic mass is 9.76. The number of nitrogens with zero attached hydrogens (tertiary/aromatic N) is 1. The first-order valence-electron chi connectivity index (χ1n) is 14.3. The van der Waals surface area contributed by atoms with Gasteiger partial charge >= 0.3 is 0 Å². The summed E-state index contributed by atoms with van der Waals surface area (Å²) in [5.41, 5.74) is 12.8. The molecule has 0 amide bonds. The van der Waals surface area contributed by atoms with Gasteiger partial charge in [-0.2, -0.15) is 0 Å². The van der Waals surface area contributed by atoms with Gasteiger partial charge in [0.25, 0.3) is 0 Å². The number of hydrogen-bond donors (Lipinski definition) is 0. The normalized spacial score (nSPS) is 20.3. The SMILES string of the molecule is CC(C)(C)C1=CC=C(C2=CC(c3cccc(C4=NC=CCC4)c3)=CC(c3ccc(C(C)(C)C)cc3)C2)CC1. The number of aliphatic imine (C=N–C) groups is 1. The average Bonchev–Trinajstić information content (AvgIpc) is 2.92. The Bertz CT molecular complexity index is 1370. The van der Waals surface area contributed by atoms with E-state index in [0.29, 0.717) is 5.92 Å². The van der Waals surface area contributed by atoms with E-state index in [2.05, 4.69) is 125 Å². The maximum atomic E-state index is 4.68. The monoisotopic (exact) mass is 501 g/mol. The molecule has 2 aromatic rings. The zero-order chi connectivity index (χ0) is 26.9. The molecule has 1 atom stereocenters. The molecule has 1 heterocycles. The van der Waals surface area contributed by atoms with Crippen LogP contribution in [0.4, 0.5) is 0 Å². The Morgan fingerprint density at radius 2 is 1.53 bits per heavy atom. The second-order valence-electron chi connectivity index (χ2n) is 13.2. The minimum atomic E-state index is 0.165. The Morgan fingerprint density at radius 1 is 0.763 bits per heavy atom. The molecule has 0 bridgehead atoms. The predicted molar refractivity (Wildman–Crippen MR) is 165 cm³/mol. The molecule has 3 aliphatic rings. The third-order valence-corrected chi connectivity index (χ3v) is 8.29. The number of rotatable bonds is 4. The zero-order valence-electron chi connectivity index (χ0n) is 24.1. The van der Waals surface area contributed by atoms with Gasteiger partial charge in [-0.1, -0.05) is 120 Å². The minimum Gasteiger partial charge on any atom is -0.261 e. The van der Waals surface area contributed by atoms with Crippen molar-refractivity contribution in [3.8, 4) is 0 Å². The van der Waals surface area contributed by atoms with Gasteiger partial charge in [0.05, 0.1) is 0 Å². The maximum absolute atomic E-state index is 4.68. The molecule has 0 N–H and O–H groups in total. The number of benzene rings is 2. The highest BCUT2D eigenvalue weighted by Gasteiger charge is 2.24. The van der Waals surface area contributed by atoms with E-state index >= 15 is 0 Å². The van der Waals surface area contributed by atoms with Gasteiger partial charge in [-0.15, -0.1) is 0 Å². The summed E-state index contributed by atoms with van der Waals surface area (Å²) < 4.78 is 0. The third-order valence-electron chi connectivity index (χ3n) is 8.29. The number of hydrogen-bond acceptors (Lipinski definition) is 1. The van der Waals surface area contributed by atoms with Crippen LogP contribution in [0.25, 0.3) is 5.57 Å².